The predicted molar refractivity (Wildman–Crippen MR) is 138 cm³/mol. The van der Waals surface area contributed by atoms with Gasteiger partial charge in [-0.05, 0) is 48.1 Å². The largest absolute Gasteiger partial charge is 0.488 e. The van der Waals surface area contributed by atoms with Crippen LogP contribution in [0, 0.1) is 0 Å². The number of ether oxygens (including phenoxy) is 1. The molecule has 4 aromatic rings. The third-order valence-electron chi connectivity index (χ3n) is 5.05. The molecule has 2 N–H and O–H groups in total. The van der Waals surface area contributed by atoms with Gasteiger partial charge in [0, 0.05) is 34.9 Å². The average Bonchev–Trinajstić information content (AvgIpc) is 3.53. The topological polar surface area (TPSA) is 80.3 Å². The first-order chi connectivity index (χ1) is 16.6. The van der Waals surface area contributed by atoms with E-state index in [4.69, 9.17) is 4.74 Å². The molecule has 4 rings (SSSR count). The lowest BCUT2D eigenvalue weighted by Crippen LogP contribution is -2.21. The SMILES string of the molecule is CC(=O)NCCCc1ccc(-c2csc(NC(=O)c3cccc(OCc4cccs4)c3)n2)cc1. The predicted octanol–water partition coefficient (Wildman–Crippen LogP) is 5.77. The minimum Gasteiger partial charge on any atom is -0.488 e. The maximum Gasteiger partial charge on any atom is 0.257 e. The number of aryl methyl sites for hydroxylation is 1. The molecule has 0 bridgehead atoms. The summed E-state index contributed by atoms with van der Waals surface area (Å²) in [5.41, 5.74) is 3.53. The van der Waals surface area contributed by atoms with Gasteiger partial charge in [0.25, 0.3) is 5.91 Å². The summed E-state index contributed by atoms with van der Waals surface area (Å²) in [6.45, 7) is 2.68. The highest BCUT2D eigenvalue weighted by Crippen LogP contribution is 2.26. The summed E-state index contributed by atoms with van der Waals surface area (Å²) in [6.07, 6.45) is 1.79. The highest BCUT2D eigenvalue weighted by Gasteiger charge is 2.11. The van der Waals surface area contributed by atoms with Crippen LogP contribution < -0.4 is 15.4 Å². The van der Waals surface area contributed by atoms with E-state index < -0.39 is 0 Å². The summed E-state index contributed by atoms with van der Waals surface area (Å²) in [4.78, 5) is 29.4. The Morgan fingerprint density at radius 3 is 2.65 bits per heavy atom. The number of aromatic nitrogens is 1. The first-order valence-electron chi connectivity index (χ1n) is 10.9. The molecule has 0 radical (unpaired) electrons. The molecule has 2 amide bonds. The van der Waals surface area contributed by atoms with Crippen LogP contribution in [0.15, 0.2) is 71.4 Å². The molecule has 6 nitrogen and oxygen atoms in total. The van der Waals surface area contributed by atoms with Crippen LogP contribution in [0.2, 0.25) is 0 Å². The second-order valence-electron chi connectivity index (χ2n) is 7.67. The highest BCUT2D eigenvalue weighted by molar-refractivity contribution is 7.14. The fourth-order valence-corrected chi connectivity index (χ4v) is 4.64. The number of amides is 2. The summed E-state index contributed by atoms with van der Waals surface area (Å²) in [6, 6.07) is 19.4. The van der Waals surface area contributed by atoms with E-state index in [1.165, 1.54) is 23.8 Å². The standard InChI is InChI=1S/C26H25N3O3S2/c1-18(30)27-13-3-5-19-9-11-20(12-10-19)24-17-34-26(28-24)29-25(31)21-6-2-7-22(15-21)32-16-23-8-4-14-33-23/h2,4,6-12,14-15,17H,3,5,13,16H2,1H3,(H,27,30)(H,28,29,31). The molecule has 0 fully saturated rings. The fourth-order valence-electron chi connectivity index (χ4n) is 3.31. The van der Waals surface area contributed by atoms with Crippen LogP contribution in [0.4, 0.5) is 5.13 Å². The number of rotatable bonds is 10. The van der Waals surface area contributed by atoms with Crippen molar-refractivity contribution in [2.24, 2.45) is 0 Å². The molecule has 0 aliphatic carbocycles. The van der Waals surface area contributed by atoms with E-state index in [1.807, 2.05) is 47.2 Å². The van der Waals surface area contributed by atoms with Crippen LogP contribution in [0.25, 0.3) is 11.3 Å². The second-order valence-corrected chi connectivity index (χ2v) is 9.56. The molecule has 34 heavy (non-hydrogen) atoms. The third kappa shape index (κ3) is 6.76. The van der Waals surface area contributed by atoms with E-state index in [9.17, 15) is 9.59 Å². The summed E-state index contributed by atoms with van der Waals surface area (Å²) in [7, 11) is 0. The first-order valence-corrected chi connectivity index (χ1v) is 12.7. The Kier molecular flexibility index (Phi) is 8.06. The maximum absolute atomic E-state index is 12.7. The third-order valence-corrected chi connectivity index (χ3v) is 6.66. The van der Waals surface area contributed by atoms with E-state index in [2.05, 4.69) is 27.8 Å². The lowest BCUT2D eigenvalue weighted by Gasteiger charge is -2.07. The normalized spacial score (nSPS) is 10.6. The number of benzene rings is 2. The quantitative estimate of drug-likeness (QED) is 0.276. The highest BCUT2D eigenvalue weighted by atomic mass is 32.1. The van der Waals surface area contributed by atoms with Gasteiger partial charge in [-0.1, -0.05) is 36.4 Å². The number of hydrogen-bond donors (Lipinski definition) is 2. The number of anilines is 1. The van der Waals surface area contributed by atoms with Crippen molar-refractivity contribution in [2.45, 2.75) is 26.4 Å². The first kappa shape index (κ1) is 23.7. The van der Waals surface area contributed by atoms with Gasteiger partial charge in [-0.2, -0.15) is 0 Å². The van der Waals surface area contributed by atoms with E-state index in [1.54, 1.807) is 23.5 Å². The Morgan fingerprint density at radius 1 is 1.03 bits per heavy atom. The smallest absolute Gasteiger partial charge is 0.257 e. The molecule has 8 heteroatoms. The van der Waals surface area contributed by atoms with Crippen LogP contribution >= 0.6 is 22.7 Å². The van der Waals surface area contributed by atoms with Crippen molar-refractivity contribution >= 4 is 39.6 Å². The van der Waals surface area contributed by atoms with Crippen LogP contribution in [-0.4, -0.2) is 23.3 Å². The van der Waals surface area contributed by atoms with Crippen molar-refractivity contribution in [3.63, 3.8) is 0 Å². The van der Waals surface area contributed by atoms with Crippen LogP contribution in [0.1, 0.15) is 34.1 Å². The summed E-state index contributed by atoms with van der Waals surface area (Å²) in [5.74, 6) is 0.423. The Bertz CT molecular complexity index is 1230. The molecule has 0 unspecified atom stereocenters. The number of hydrogen-bond acceptors (Lipinski definition) is 6. The number of thiazole rings is 1. The van der Waals surface area contributed by atoms with Crippen molar-refractivity contribution in [1.82, 2.24) is 10.3 Å². The van der Waals surface area contributed by atoms with Crippen molar-refractivity contribution in [3.05, 3.63) is 87.4 Å². The van der Waals surface area contributed by atoms with Crippen molar-refractivity contribution in [2.75, 3.05) is 11.9 Å². The molecule has 0 aliphatic heterocycles. The molecule has 2 aromatic heterocycles. The Morgan fingerprint density at radius 2 is 1.88 bits per heavy atom. The monoisotopic (exact) mass is 491 g/mol. The Labute approximate surface area is 206 Å². The number of thiophene rings is 1. The van der Waals surface area contributed by atoms with E-state index in [-0.39, 0.29) is 11.8 Å². The molecule has 0 aliphatic rings. The van der Waals surface area contributed by atoms with Gasteiger partial charge in [-0.3, -0.25) is 14.9 Å². The van der Waals surface area contributed by atoms with Gasteiger partial charge in [-0.25, -0.2) is 4.98 Å². The lowest BCUT2D eigenvalue weighted by molar-refractivity contribution is -0.118. The molecule has 174 valence electrons. The minimum atomic E-state index is -0.225. The molecular weight excluding hydrogens is 466 g/mol. The van der Waals surface area contributed by atoms with Crippen molar-refractivity contribution in [3.8, 4) is 17.0 Å². The van der Waals surface area contributed by atoms with Gasteiger partial charge in [0.05, 0.1) is 5.69 Å². The zero-order valence-corrected chi connectivity index (χ0v) is 20.4. The summed E-state index contributed by atoms with van der Waals surface area (Å²) < 4.78 is 5.80. The zero-order valence-electron chi connectivity index (χ0n) is 18.7. The van der Waals surface area contributed by atoms with Crippen molar-refractivity contribution in [1.29, 1.82) is 0 Å². The number of carbonyl (C=O) groups excluding carboxylic acids is 2. The number of nitrogens with one attached hydrogen (secondary N) is 2. The number of nitrogens with zero attached hydrogens (tertiary/aromatic N) is 1. The summed E-state index contributed by atoms with van der Waals surface area (Å²) in [5, 5.41) is 10.2. The van der Waals surface area contributed by atoms with Crippen LogP contribution in [0.3, 0.4) is 0 Å². The van der Waals surface area contributed by atoms with Crippen molar-refractivity contribution < 1.29 is 14.3 Å². The van der Waals surface area contributed by atoms with E-state index in [0.29, 0.717) is 29.6 Å². The fraction of sp³-hybridized carbons (Fsp3) is 0.192. The van der Waals surface area contributed by atoms with Gasteiger partial charge in [0.1, 0.15) is 12.4 Å². The van der Waals surface area contributed by atoms with Gasteiger partial charge >= 0.3 is 0 Å². The number of carbonyl (C=O) groups is 2. The molecule has 0 saturated carbocycles. The van der Waals surface area contributed by atoms with E-state index >= 15 is 0 Å². The van der Waals surface area contributed by atoms with Gasteiger partial charge in [0.15, 0.2) is 5.13 Å². The lowest BCUT2D eigenvalue weighted by atomic mass is 10.1. The molecule has 0 saturated heterocycles. The maximum atomic E-state index is 12.7. The van der Waals surface area contributed by atoms with Gasteiger partial charge in [-0.15, -0.1) is 22.7 Å². The average molecular weight is 492 g/mol. The molecule has 2 aromatic carbocycles. The molecule has 2 heterocycles. The second kappa shape index (κ2) is 11.6. The molecule has 0 atom stereocenters. The Hall–Kier alpha value is -3.49. The van der Waals surface area contributed by atoms with Crippen LogP contribution in [-0.2, 0) is 17.8 Å². The zero-order chi connectivity index (χ0) is 23.8. The summed E-state index contributed by atoms with van der Waals surface area (Å²) >= 11 is 3.03. The molecule has 0 spiro atoms. The van der Waals surface area contributed by atoms with E-state index in [0.717, 1.165) is 29.0 Å². The van der Waals surface area contributed by atoms with Gasteiger partial charge in [0.2, 0.25) is 5.91 Å². The van der Waals surface area contributed by atoms with Gasteiger partial charge < -0.3 is 10.1 Å². The Balaban J connectivity index is 1.32. The minimum absolute atomic E-state index is 0.00281. The molecular formula is C26H25N3O3S2. The van der Waals surface area contributed by atoms with Crippen LogP contribution in [0.5, 0.6) is 5.75 Å².